The Kier molecular flexibility index (Phi) is 4.08. The molecule has 1 saturated heterocycles. The first-order valence-corrected chi connectivity index (χ1v) is 9.20. The zero-order valence-corrected chi connectivity index (χ0v) is 14.9. The Morgan fingerprint density at radius 3 is 2.76 bits per heavy atom. The molecule has 2 heterocycles. The van der Waals surface area contributed by atoms with E-state index in [0.29, 0.717) is 19.7 Å². The maximum atomic E-state index is 13.1. The van der Waals surface area contributed by atoms with Gasteiger partial charge in [0, 0.05) is 61.2 Å². The van der Waals surface area contributed by atoms with Gasteiger partial charge in [0.15, 0.2) is 0 Å². The summed E-state index contributed by atoms with van der Waals surface area (Å²) in [7, 11) is 1.99. The highest BCUT2D eigenvalue weighted by Gasteiger charge is 2.56. The molecule has 2 atom stereocenters. The predicted octanol–water partition coefficient (Wildman–Crippen LogP) is 2.57. The third-order valence-electron chi connectivity index (χ3n) is 6.25. The van der Waals surface area contributed by atoms with E-state index in [0.717, 1.165) is 35.7 Å². The summed E-state index contributed by atoms with van der Waals surface area (Å²) in [6, 6.07) is 7.90. The van der Waals surface area contributed by atoms with Gasteiger partial charge in [-0.15, -0.1) is 0 Å². The lowest BCUT2D eigenvalue weighted by Gasteiger charge is -2.56. The number of rotatable bonds is 3. The van der Waals surface area contributed by atoms with Crippen LogP contribution in [0.2, 0.25) is 0 Å². The molecule has 4 rings (SSSR count). The van der Waals surface area contributed by atoms with Crippen LogP contribution in [0.4, 0.5) is 0 Å². The van der Waals surface area contributed by atoms with Crippen LogP contribution in [-0.4, -0.2) is 52.4 Å². The van der Waals surface area contributed by atoms with Gasteiger partial charge in [0.1, 0.15) is 0 Å². The second-order valence-corrected chi connectivity index (χ2v) is 7.39. The van der Waals surface area contributed by atoms with Crippen LogP contribution in [0.25, 0.3) is 10.9 Å². The molecule has 1 spiro atoms. The van der Waals surface area contributed by atoms with Crippen molar-refractivity contribution in [1.29, 1.82) is 0 Å². The van der Waals surface area contributed by atoms with Gasteiger partial charge in [0.25, 0.3) is 5.91 Å². The molecule has 134 valence electrons. The molecular weight excluding hydrogens is 316 g/mol. The number of benzene rings is 1. The number of hydrogen-bond donors (Lipinski definition) is 1. The van der Waals surface area contributed by atoms with Gasteiger partial charge in [-0.25, -0.2) is 0 Å². The molecule has 2 fully saturated rings. The largest absolute Gasteiger partial charge is 0.392 e. The van der Waals surface area contributed by atoms with Crippen molar-refractivity contribution < 1.29 is 14.6 Å². The van der Waals surface area contributed by atoms with Gasteiger partial charge in [-0.05, 0) is 38.0 Å². The second-order valence-electron chi connectivity index (χ2n) is 7.39. The van der Waals surface area contributed by atoms with Gasteiger partial charge >= 0.3 is 0 Å². The van der Waals surface area contributed by atoms with Crippen LogP contribution in [0.15, 0.2) is 30.5 Å². The molecule has 1 N–H and O–H groups in total. The number of aliphatic hydroxyl groups excluding tert-OH is 1. The third kappa shape index (κ3) is 2.49. The van der Waals surface area contributed by atoms with Crippen LogP contribution in [0.1, 0.15) is 36.5 Å². The normalized spacial score (nSPS) is 25.3. The van der Waals surface area contributed by atoms with E-state index < -0.39 is 0 Å². The van der Waals surface area contributed by atoms with Crippen molar-refractivity contribution in [2.24, 2.45) is 12.5 Å². The van der Waals surface area contributed by atoms with Crippen molar-refractivity contribution in [2.45, 2.75) is 38.4 Å². The maximum absolute atomic E-state index is 13.1. The Bertz CT molecular complexity index is 787. The first kappa shape index (κ1) is 16.6. The standard InChI is InChI=1S/C20H26N2O3/c1-3-25-18-13-17(23)20(18)8-11-22(12-9-20)19(24)15-5-4-6-16-14(15)7-10-21(16)2/h4-7,10,17-18,23H,3,8-9,11-13H2,1-2H3/t17-,18+/m0/s1. The molecular formula is C20H26N2O3. The SMILES string of the molecule is CCO[C@@H]1C[C@H](O)C12CCN(C(=O)c1cccc3c1ccn3C)CC2. The second kappa shape index (κ2) is 6.15. The van der Waals surface area contributed by atoms with Crippen molar-refractivity contribution in [3.8, 4) is 0 Å². The van der Waals surface area contributed by atoms with E-state index in [4.69, 9.17) is 4.74 Å². The van der Waals surface area contributed by atoms with E-state index in [1.807, 2.05) is 53.9 Å². The van der Waals surface area contributed by atoms with Gasteiger partial charge in [-0.3, -0.25) is 4.79 Å². The Labute approximate surface area is 148 Å². The number of amides is 1. The Morgan fingerprint density at radius 2 is 2.08 bits per heavy atom. The van der Waals surface area contributed by atoms with Crippen LogP contribution in [0.5, 0.6) is 0 Å². The maximum Gasteiger partial charge on any atom is 0.254 e. The highest BCUT2D eigenvalue weighted by Crippen LogP contribution is 2.51. The fourth-order valence-electron chi connectivity index (χ4n) is 4.60. The number of piperidine rings is 1. The lowest BCUT2D eigenvalue weighted by molar-refractivity contribution is -0.207. The van der Waals surface area contributed by atoms with Crippen LogP contribution < -0.4 is 0 Å². The smallest absolute Gasteiger partial charge is 0.254 e. The van der Waals surface area contributed by atoms with Crippen molar-refractivity contribution in [3.63, 3.8) is 0 Å². The summed E-state index contributed by atoms with van der Waals surface area (Å²) in [5, 5.41) is 11.3. The molecule has 1 amide bonds. The molecule has 1 aliphatic carbocycles. The molecule has 0 unspecified atom stereocenters. The molecule has 0 radical (unpaired) electrons. The van der Waals surface area contributed by atoms with E-state index >= 15 is 0 Å². The number of aryl methyl sites for hydroxylation is 1. The molecule has 2 aliphatic rings. The molecule has 1 aliphatic heterocycles. The Morgan fingerprint density at radius 1 is 1.32 bits per heavy atom. The average Bonchev–Trinajstić information content (AvgIpc) is 3.02. The molecule has 0 bridgehead atoms. The first-order chi connectivity index (χ1) is 12.1. The van der Waals surface area contributed by atoms with Gasteiger partial charge in [0.2, 0.25) is 0 Å². The molecule has 5 heteroatoms. The average molecular weight is 342 g/mol. The van der Waals surface area contributed by atoms with E-state index in [9.17, 15) is 9.90 Å². The number of aromatic nitrogens is 1. The minimum atomic E-state index is -0.293. The molecule has 2 aromatic rings. The zero-order valence-electron chi connectivity index (χ0n) is 14.9. The van der Waals surface area contributed by atoms with E-state index in [-0.39, 0.29) is 23.5 Å². The number of nitrogens with zero attached hydrogens (tertiary/aromatic N) is 2. The van der Waals surface area contributed by atoms with Gasteiger partial charge < -0.3 is 19.3 Å². The molecule has 25 heavy (non-hydrogen) atoms. The van der Waals surface area contributed by atoms with E-state index in [2.05, 4.69) is 0 Å². The fourth-order valence-corrected chi connectivity index (χ4v) is 4.60. The summed E-state index contributed by atoms with van der Waals surface area (Å²) in [6.45, 7) is 4.04. The van der Waals surface area contributed by atoms with E-state index in [1.54, 1.807) is 0 Å². The Balaban J connectivity index is 1.51. The molecule has 1 aromatic carbocycles. The third-order valence-corrected chi connectivity index (χ3v) is 6.25. The fraction of sp³-hybridized carbons (Fsp3) is 0.550. The minimum absolute atomic E-state index is 0.0911. The Hall–Kier alpha value is -1.85. The number of ether oxygens (including phenoxy) is 1. The topological polar surface area (TPSA) is 54.7 Å². The summed E-state index contributed by atoms with van der Waals surface area (Å²) < 4.78 is 7.85. The number of hydrogen-bond acceptors (Lipinski definition) is 3. The first-order valence-electron chi connectivity index (χ1n) is 9.20. The summed E-state index contributed by atoms with van der Waals surface area (Å²) >= 11 is 0. The molecule has 1 aromatic heterocycles. The molecule has 5 nitrogen and oxygen atoms in total. The lowest BCUT2D eigenvalue weighted by Crippen LogP contribution is -2.62. The summed E-state index contributed by atoms with van der Waals surface area (Å²) in [6.07, 6.45) is 4.20. The number of aliphatic hydroxyl groups is 1. The van der Waals surface area contributed by atoms with Gasteiger partial charge in [0.05, 0.1) is 12.2 Å². The zero-order chi connectivity index (χ0) is 17.6. The summed E-state index contributed by atoms with van der Waals surface area (Å²) in [4.78, 5) is 15.0. The molecule has 1 saturated carbocycles. The summed E-state index contributed by atoms with van der Waals surface area (Å²) in [5.74, 6) is 0.0911. The van der Waals surface area contributed by atoms with Crippen molar-refractivity contribution in [3.05, 3.63) is 36.0 Å². The number of fused-ring (bicyclic) bond motifs is 1. The number of likely N-dealkylation sites (tertiary alicyclic amines) is 1. The van der Waals surface area contributed by atoms with E-state index in [1.165, 1.54) is 0 Å². The number of carbonyl (C=O) groups is 1. The van der Waals surface area contributed by atoms with Crippen molar-refractivity contribution in [1.82, 2.24) is 9.47 Å². The van der Waals surface area contributed by atoms with Gasteiger partial charge in [-0.2, -0.15) is 0 Å². The van der Waals surface area contributed by atoms with Crippen LogP contribution >= 0.6 is 0 Å². The minimum Gasteiger partial charge on any atom is -0.392 e. The lowest BCUT2D eigenvalue weighted by atomic mass is 9.58. The highest BCUT2D eigenvalue weighted by atomic mass is 16.5. The number of carbonyl (C=O) groups excluding carboxylic acids is 1. The summed E-state index contributed by atoms with van der Waals surface area (Å²) in [5.41, 5.74) is 1.70. The predicted molar refractivity (Wildman–Crippen MR) is 96.5 cm³/mol. The van der Waals surface area contributed by atoms with Crippen molar-refractivity contribution in [2.75, 3.05) is 19.7 Å². The van der Waals surface area contributed by atoms with Crippen LogP contribution in [0, 0.1) is 5.41 Å². The monoisotopic (exact) mass is 342 g/mol. The van der Waals surface area contributed by atoms with Crippen LogP contribution in [0.3, 0.4) is 0 Å². The van der Waals surface area contributed by atoms with Crippen molar-refractivity contribution >= 4 is 16.8 Å². The van der Waals surface area contributed by atoms with Crippen LogP contribution in [-0.2, 0) is 11.8 Å². The van der Waals surface area contributed by atoms with Gasteiger partial charge in [-0.1, -0.05) is 6.07 Å². The highest BCUT2D eigenvalue weighted by molar-refractivity contribution is 6.06. The quantitative estimate of drug-likeness (QED) is 0.933.